The summed E-state index contributed by atoms with van der Waals surface area (Å²) >= 11 is 0. The molecule has 0 bridgehead atoms. The first-order valence-electron chi connectivity index (χ1n) is 9.95. The smallest absolute Gasteiger partial charge is 0.251 e. The normalized spacial score (nSPS) is 14.9. The number of piperidine rings is 1. The van der Waals surface area contributed by atoms with Gasteiger partial charge >= 0.3 is 0 Å². The van der Waals surface area contributed by atoms with Gasteiger partial charge in [-0.3, -0.25) is 9.69 Å². The lowest BCUT2D eigenvalue weighted by molar-refractivity contribution is 0.0951. The van der Waals surface area contributed by atoms with Crippen LogP contribution in [0.5, 0.6) is 5.75 Å². The SMILES string of the molecule is CC(C)Oc1ccc(CNC(=O)c2ccc(CN3CCCCC3)cc2)cc1. The van der Waals surface area contributed by atoms with Crippen LogP contribution in [0, 0.1) is 0 Å². The highest BCUT2D eigenvalue weighted by atomic mass is 16.5. The number of likely N-dealkylation sites (tertiary alicyclic amines) is 1. The molecule has 0 saturated carbocycles. The van der Waals surface area contributed by atoms with E-state index in [-0.39, 0.29) is 12.0 Å². The number of benzene rings is 2. The zero-order valence-electron chi connectivity index (χ0n) is 16.4. The zero-order valence-corrected chi connectivity index (χ0v) is 16.4. The van der Waals surface area contributed by atoms with E-state index >= 15 is 0 Å². The Bertz CT molecular complexity index is 717. The highest BCUT2D eigenvalue weighted by Gasteiger charge is 2.11. The summed E-state index contributed by atoms with van der Waals surface area (Å²) in [6.07, 6.45) is 4.10. The predicted octanol–water partition coefficient (Wildman–Crippen LogP) is 4.39. The summed E-state index contributed by atoms with van der Waals surface area (Å²) in [5, 5.41) is 2.99. The van der Waals surface area contributed by atoms with E-state index in [1.54, 1.807) is 0 Å². The van der Waals surface area contributed by atoms with Crippen LogP contribution in [0.1, 0.15) is 54.6 Å². The van der Waals surface area contributed by atoms with E-state index in [0.29, 0.717) is 12.1 Å². The number of carbonyl (C=O) groups excluding carboxylic acids is 1. The van der Waals surface area contributed by atoms with Crippen molar-refractivity contribution in [3.63, 3.8) is 0 Å². The van der Waals surface area contributed by atoms with Gasteiger partial charge in [0, 0.05) is 18.7 Å². The average Bonchev–Trinajstić information content (AvgIpc) is 2.68. The van der Waals surface area contributed by atoms with Crippen LogP contribution in [0.2, 0.25) is 0 Å². The molecular weight excluding hydrogens is 336 g/mol. The second-order valence-electron chi connectivity index (χ2n) is 7.53. The van der Waals surface area contributed by atoms with E-state index in [1.165, 1.54) is 37.9 Å². The monoisotopic (exact) mass is 366 g/mol. The molecule has 0 unspecified atom stereocenters. The lowest BCUT2D eigenvalue weighted by Crippen LogP contribution is -2.29. The maximum absolute atomic E-state index is 12.4. The maximum atomic E-state index is 12.4. The van der Waals surface area contributed by atoms with Crippen LogP contribution in [0.25, 0.3) is 0 Å². The highest BCUT2D eigenvalue weighted by Crippen LogP contribution is 2.15. The van der Waals surface area contributed by atoms with Gasteiger partial charge < -0.3 is 10.1 Å². The summed E-state index contributed by atoms with van der Waals surface area (Å²) < 4.78 is 5.64. The first kappa shape index (κ1) is 19.4. The summed E-state index contributed by atoms with van der Waals surface area (Å²) in [4.78, 5) is 14.9. The third-order valence-electron chi connectivity index (χ3n) is 4.82. The summed E-state index contributed by atoms with van der Waals surface area (Å²) in [5.74, 6) is 0.811. The van der Waals surface area contributed by atoms with Crippen molar-refractivity contribution in [2.75, 3.05) is 13.1 Å². The molecule has 1 saturated heterocycles. The van der Waals surface area contributed by atoms with Crippen molar-refractivity contribution >= 4 is 5.91 Å². The molecule has 4 heteroatoms. The Morgan fingerprint density at radius 3 is 2.22 bits per heavy atom. The molecule has 0 radical (unpaired) electrons. The van der Waals surface area contributed by atoms with Crippen molar-refractivity contribution in [3.05, 3.63) is 65.2 Å². The van der Waals surface area contributed by atoms with Gasteiger partial charge in [-0.15, -0.1) is 0 Å². The zero-order chi connectivity index (χ0) is 19.1. The molecule has 0 aliphatic carbocycles. The van der Waals surface area contributed by atoms with Gasteiger partial charge in [0.1, 0.15) is 5.75 Å². The first-order chi connectivity index (χ1) is 13.1. The second kappa shape index (κ2) is 9.56. The van der Waals surface area contributed by atoms with Crippen LogP contribution in [0.4, 0.5) is 0 Å². The molecule has 1 heterocycles. The van der Waals surface area contributed by atoms with E-state index < -0.39 is 0 Å². The maximum Gasteiger partial charge on any atom is 0.251 e. The van der Waals surface area contributed by atoms with Gasteiger partial charge in [-0.2, -0.15) is 0 Å². The molecule has 2 aromatic rings. The van der Waals surface area contributed by atoms with Gasteiger partial charge in [-0.1, -0.05) is 30.7 Å². The minimum atomic E-state index is -0.0398. The summed E-state index contributed by atoms with van der Waals surface area (Å²) in [5.41, 5.74) is 3.03. The number of nitrogens with zero attached hydrogens (tertiary/aromatic N) is 1. The number of hydrogen-bond donors (Lipinski definition) is 1. The lowest BCUT2D eigenvalue weighted by Gasteiger charge is -2.26. The molecule has 1 amide bonds. The Morgan fingerprint density at radius 2 is 1.59 bits per heavy atom. The molecule has 0 atom stereocenters. The fraction of sp³-hybridized carbons (Fsp3) is 0.435. The standard InChI is InChI=1S/C23H30N2O2/c1-18(2)27-22-12-8-19(9-13-22)16-24-23(26)21-10-6-20(7-11-21)17-25-14-4-3-5-15-25/h6-13,18H,3-5,14-17H2,1-2H3,(H,24,26). The third-order valence-corrected chi connectivity index (χ3v) is 4.82. The Labute approximate surface area is 162 Å². The topological polar surface area (TPSA) is 41.6 Å². The molecule has 1 N–H and O–H groups in total. The highest BCUT2D eigenvalue weighted by molar-refractivity contribution is 5.94. The van der Waals surface area contributed by atoms with E-state index in [2.05, 4.69) is 22.3 Å². The predicted molar refractivity (Wildman–Crippen MR) is 109 cm³/mol. The van der Waals surface area contributed by atoms with Crippen LogP contribution in [-0.2, 0) is 13.1 Å². The summed E-state index contributed by atoms with van der Waals surface area (Å²) in [6, 6.07) is 15.8. The van der Waals surface area contributed by atoms with Gasteiger partial charge in [0.15, 0.2) is 0 Å². The number of carbonyl (C=O) groups is 1. The molecular formula is C23H30N2O2. The number of hydrogen-bond acceptors (Lipinski definition) is 3. The van der Waals surface area contributed by atoms with Crippen LogP contribution in [-0.4, -0.2) is 30.0 Å². The van der Waals surface area contributed by atoms with Crippen LogP contribution < -0.4 is 10.1 Å². The number of ether oxygens (including phenoxy) is 1. The van der Waals surface area contributed by atoms with Crippen LogP contribution >= 0.6 is 0 Å². The van der Waals surface area contributed by atoms with E-state index in [1.807, 2.05) is 50.2 Å². The molecule has 1 aliphatic rings. The molecule has 27 heavy (non-hydrogen) atoms. The largest absolute Gasteiger partial charge is 0.491 e. The molecule has 4 nitrogen and oxygen atoms in total. The van der Waals surface area contributed by atoms with Crippen molar-refractivity contribution in [3.8, 4) is 5.75 Å². The van der Waals surface area contributed by atoms with Crippen molar-refractivity contribution in [2.45, 2.75) is 52.3 Å². The minimum absolute atomic E-state index is 0.0398. The summed E-state index contributed by atoms with van der Waals surface area (Å²) in [7, 11) is 0. The van der Waals surface area contributed by atoms with Crippen molar-refractivity contribution in [1.82, 2.24) is 10.2 Å². The van der Waals surface area contributed by atoms with Crippen molar-refractivity contribution < 1.29 is 9.53 Å². The molecule has 3 rings (SSSR count). The number of amides is 1. The van der Waals surface area contributed by atoms with Gasteiger partial charge in [-0.05, 0) is 75.2 Å². The lowest BCUT2D eigenvalue weighted by atomic mass is 10.1. The van der Waals surface area contributed by atoms with Crippen molar-refractivity contribution in [1.29, 1.82) is 0 Å². The Morgan fingerprint density at radius 1 is 0.963 bits per heavy atom. The van der Waals surface area contributed by atoms with E-state index in [0.717, 1.165) is 17.9 Å². The fourth-order valence-corrected chi connectivity index (χ4v) is 3.38. The van der Waals surface area contributed by atoms with Gasteiger partial charge in [0.25, 0.3) is 5.91 Å². The van der Waals surface area contributed by atoms with E-state index in [9.17, 15) is 4.79 Å². The molecule has 0 aromatic heterocycles. The second-order valence-corrected chi connectivity index (χ2v) is 7.53. The fourth-order valence-electron chi connectivity index (χ4n) is 3.38. The average molecular weight is 367 g/mol. The van der Waals surface area contributed by atoms with Gasteiger partial charge in [0.05, 0.1) is 6.10 Å². The van der Waals surface area contributed by atoms with E-state index in [4.69, 9.17) is 4.74 Å². The van der Waals surface area contributed by atoms with Crippen LogP contribution in [0.15, 0.2) is 48.5 Å². The Balaban J connectivity index is 1.48. The molecule has 0 spiro atoms. The van der Waals surface area contributed by atoms with Crippen LogP contribution in [0.3, 0.4) is 0 Å². The van der Waals surface area contributed by atoms with Crippen molar-refractivity contribution in [2.24, 2.45) is 0 Å². The molecule has 144 valence electrons. The Hall–Kier alpha value is -2.33. The minimum Gasteiger partial charge on any atom is -0.491 e. The van der Waals surface area contributed by atoms with Gasteiger partial charge in [0.2, 0.25) is 0 Å². The molecule has 1 fully saturated rings. The summed E-state index contributed by atoms with van der Waals surface area (Å²) in [6.45, 7) is 7.87. The first-order valence-corrected chi connectivity index (χ1v) is 9.95. The molecule has 2 aromatic carbocycles. The number of rotatable bonds is 7. The quantitative estimate of drug-likeness (QED) is 0.790. The Kier molecular flexibility index (Phi) is 6.88. The molecule has 1 aliphatic heterocycles. The number of nitrogens with one attached hydrogen (secondary N) is 1. The third kappa shape index (κ3) is 6.10. The van der Waals surface area contributed by atoms with Gasteiger partial charge in [-0.25, -0.2) is 0 Å².